The van der Waals surface area contributed by atoms with Gasteiger partial charge in [-0.15, -0.1) is 0 Å². The van der Waals surface area contributed by atoms with E-state index in [-0.39, 0.29) is 29.5 Å². The van der Waals surface area contributed by atoms with Crippen LogP contribution in [0.5, 0.6) is 5.75 Å². The summed E-state index contributed by atoms with van der Waals surface area (Å²) in [6.45, 7) is -2.67. The first-order valence-corrected chi connectivity index (χ1v) is 10.4. The molecule has 0 aliphatic rings. The van der Waals surface area contributed by atoms with E-state index in [0.29, 0.717) is 16.2 Å². The number of thioether (sulfide) groups is 1. The molecule has 0 saturated carbocycles. The Labute approximate surface area is 184 Å². The number of amides is 1. The van der Waals surface area contributed by atoms with E-state index in [2.05, 4.69) is 25.1 Å². The van der Waals surface area contributed by atoms with Gasteiger partial charge >= 0.3 is 6.61 Å². The Balaban J connectivity index is 1.38. The molecule has 2 N–H and O–H groups in total. The van der Waals surface area contributed by atoms with E-state index in [4.69, 9.17) is 0 Å². The Bertz CT molecular complexity index is 1280. The molecule has 32 heavy (non-hydrogen) atoms. The Kier molecular flexibility index (Phi) is 6.45. The van der Waals surface area contributed by atoms with E-state index in [9.17, 15) is 18.4 Å². The molecular weight excluding hydrogens is 440 g/mol. The molecule has 0 saturated heterocycles. The molecule has 2 heterocycles. The molecule has 1 amide bonds. The molecule has 0 atom stereocenters. The number of fused-ring (bicyclic) bond motifs is 1. The van der Waals surface area contributed by atoms with Gasteiger partial charge in [0.15, 0.2) is 10.8 Å². The number of carbonyl (C=O) groups excluding carboxylic acids is 1. The molecule has 0 aliphatic carbocycles. The molecule has 0 spiro atoms. The van der Waals surface area contributed by atoms with Crippen LogP contribution < -0.4 is 15.6 Å². The first-order valence-electron chi connectivity index (χ1n) is 9.46. The van der Waals surface area contributed by atoms with Crippen LogP contribution in [0.2, 0.25) is 0 Å². The summed E-state index contributed by atoms with van der Waals surface area (Å²) in [5, 5.41) is 7.61. The number of hydrogen-bond acceptors (Lipinski definition) is 6. The highest BCUT2D eigenvalue weighted by Gasteiger charge is 2.13. The maximum absolute atomic E-state index is 12.4. The molecule has 2 aromatic heterocycles. The molecule has 4 rings (SSSR count). The summed E-state index contributed by atoms with van der Waals surface area (Å²) in [4.78, 5) is 31.7. The van der Waals surface area contributed by atoms with Crippen LogP contribution in [0.3, 0.4) is 0 Å². The van der Waals surface area contributed by atoms with Crippen molar-refractivity contribution >= 4 is 28.7 Å². The van der Waals surface area contributed by atoms with Crippen molar-refractivity contribution in [3.05, 3.63) is 76.7 Å². The smallest absolute Gasteiger partial charge is 0.387 e. The molecule has 0 radical (unpaired) electrons. The van der Waals surface area contributed by atoms with E-state index in [1.54, 1.807) is 16.8 Å². The van der Waals surface area contributed by atoms with Crippen molar-refractivity contribution in [3.63, 3.8) is 0 Å². The molecule has 0 unspecified atom stereocenters. The predicted molar refractivity (Wildman–Crippen MR) is 115 cm³/mol. The quantitative estimate of drug-likeness (QED) is 0.311. The number of aromatic nitrogens is 4. The highest BCUT2D eigenvalue weighted by Crippen LogP contribution is 2.18. The molecule has 164 valence electrons. The van der Waals surface area contributed by atoms with Crippen LogP contribution >= 0.6 is 11.8 Å². The molecule has 11 heteroatoms. The largest absolute Gasteiger partial charge is 0.435 e. The Hall–Kier alpha value is -3.73. The average Bonchev–Trinajstić information content (AvgIpc) is 3.22. The number of para-hydroxylation sites is 1. The number of benzene rings is 2. The topological polar surface area (TPSA) is 102 Å². The third kappa shape index (κ3) is 5.11. The van der Waals surface area contributed by atoms with Crippen molar-refractivity contribution in [2.24, 2.45) is 0 Å². The zero-order valence-corrected chi connectivity index (χ0v) is 17.3. The number of aromatic amines is 1. The summed E-state index contributed by atoms with van der Waals surface area (Å²) >= 11 is 1.09. The van der Waals surface area contributed by atoms with Crippen LogP contribution in [0.4, 0.5) is 8.78 Å². The summed E-state index contributed by atoms with van der Waals surface area (Å²) in [6.07, 6.45) is 1.45. The average molecular weight is 457 g/mol. The molecular formula is C21H17F2N5O3S. The number of alkyl halides is 2. The van der Waals surface area contributed by atoms with Gasteiger partial charge in [-0.3, -0.25) is 9.59 Å². The van der Waals surface area contributed by atoms with Gasteiger partial charge < -0.3 is 15.0 Å². The summed E-state index contributed by atoms with van der Waals surface area (Å²) < 4.78 is 30.2. The van der Waals surface area contributed by atoms with Crippen molar-refractivity contribution in [3.8, 4) is 11.4 Å². The number of nitrogens with one attached hydrogen (secondary N) is 2. The zero-order valence-electron chi connectivity index (χ0n) is 16.5. The first kappa shape index (κ1) is 21.5. The fourth-order valence-corrected chi connectivity index (χ4v) is 3.58. The van der Waals surface area contributed by atoms with Crippen LogP contribution in [-0.4, -0.2) is 38.0 Å². The number of ether oxygens (including phenoxy) is 1. The standard InChI is InChI=1S/C21H17F2N5O3S/c22-20(23)31-15-8-6-13(7-9-15)10-24-17(29)12-32-21-26-18-16(19(30)27-21)11-25-28(18)14-4-2-1-3-5-14/h1-9,11,20H,10,12H2,(H,24,29)(H,26,27,30). The first-order chi connectivity index (χ1) is 15.5. The minimum Gasteiger partial charge on any atom is -0.435 e. The number of nitrogens with zero attached hydrogens (tertiary/aromatic N) is 3. The van der Waals surface area contributed by atoms with Gasteiger partial charge in [0, 0.05) is 6.54 Å². The number of H-pyrrole nitrogens is 1. The van der Waals surface area contributed by atoms with Gasteiger partial charge in [0.25, 0.3) is 5.56 Å². The van der Waals surface area contributed by atoms with Gasteiger partial charge in [0.2, 0.25) is 5.91 Å². The fraction of sp³-hybridized carbons (Fsp3) is 0.143. The van der Waals surface area contributed by atoms with Gasteiger partial charge in [-0.25, -0.2) is 9.67 Å². The second-order valence-electron chi connectivity index (χ2n) is 6.59. The molecule has 2 aromatic carbocycles. The lowest BCUT2D eigenvalue weighted by atomic mass is 10.2. The van der Waals surface area contributed by atoms with Crippen LogP contribution in [0, 0.1) is 0 Å². The number of carbonyl (C=O) groups is 1. The van der Waals surface area contributed by atoms with Crippen molar-refractivity contribution < 1.29 is 18.3 Å². The van der Waals surface area contributed by atoms with E-state index < -0.39 is 6.61 Å². The van der Waals surface area contributed by atoms with Gasteiger partial charge in [0.05, 0.1) is 17.6 Å². The van der Waals surface area contributed by atoms with Crippen molar-refractivity contribution in [1.29, 1.82) is 0 Å². The third-order valence-electron chi connectivity index (χ3n) is 4.40. The van der Waals surface area contributed by atoms with Crippen LogP contribution in [0.15, 0.2) is 70.7 Å². The lowest BCUT2D eigenvalue weighted by Crippen LogP contribution is -2.24. The minimum absolute atomic E-state index is 0.0283. The molecule has 8 nitrogen and oxygen atoms in total. The molecule has 0 fully saturated rings. The summed E-state index contributed by atoms with van der Waals surface area (Å²) in [5.74, 6) is -0.200. The Morgan fingerprint density at radius 3 is 2.62 bits per heavy atom. The molecule has 0 aliphatic heterocycles. The van der Waals surface area contributed by atoms with Crippen LogP contribution in [0.25, 0.3) is 16.7 Å². The summed E-state index contributed by atoms with van der Waals surface area (Å²) in [7, 11) is 0. The summed E-state index contributed by atoms with van der Waals surface area (Å²) in [6, 6.07) is 15.3. The predicted octanol–water partition coefficient (Wildman–Crippen LogP) is 3.12. The van der Waals surface area contributed by atoms with Gasteiger partial charge in [-0.1, -0.05) is 42.1 Å². The number of halogens is 2. The molecule has 0 bridgehead atoms. The van der Waals surface area contributed by atoms with Crippen molar-refractivity contribution in [2.75, 3.05) is 5.75 Å². The van der Waals surface area contributed by atoms with E-state index in [0.717, 1.165) is 23.0 Å². The lowest BCUT2D eigenvalue weighted by molar-refractivity contribution is -0.118. The minimum atomic E-state index is -2.89. The van der Waals surface area contributed by atoms with E-state index in [1.807, 2.05) is 30.3 Å². The van der Waals surface area contributed by atoms with E-state index in [1.165, 1.54) is 18.3 Å². The molecule has 4 aromatic rings. The van der Waals surface area contributed by atoms with Gasteiger partial charge in [-0.2, -0.15) is 13.9 Å². The number of rotatable bonds is 8. The maximum atomic E-state index is 12.4. The highest BCUT2D eigenvalue weighted by molar-refractivity contribution is 7.99. The Morgan fingerprint density at radius 1 is 1.16 bits per heavy atom. The monoisotopic (exact) mass is 457 g/mol. The van der Waals surface area contributed by atoms with Crippen molar-refractivity contribution in [2.45, 2.75) is 18.3 Å². The Morgan fingerprint density at radius 2 is 1.91 bits per heavy atom. The van der Waals surface area contributed by atoms with Gasteiger partial charge in [0.1, 0.15) is 11.1 Å². The second kappa shape index (κ2) is 9.60. The normalized spacial score (nSPS) is 11.1. The van der Waals surface area contributed by atoms with E-state index >= 15 is 0 Å². The SMILES string of the molecule is O=C(CSc1nc2c(cnn2-c2ccccc2)c(=O)[nH]1)NCc1ccc(OC(F)F)cc1. The van der Waals surface area contributed by atoms with Crippen LogP contribution in [0.1, 0.15) is 5.56 Å². The third-order valence-corrected chi connectivity index (χ3v) is 5.27. The number of hydrogen-bond donors (Lipinski definition) is 2. The van der Waals surface area contributed by atoms with Gasteiger partial charge in [-0.05, 0) is 29.8 Å². The summed E-state index contributed by atoms with van der Waals surface area (Å²) in [5.41, 5.74) is 1.55. The zero-order chi connectivity index (χ0) is 22.5. The van der Waals surface area contributed by atoms with Crippen molar-refractivity contribution in [1.82, 2.24) is 25.1 Å². The fourth-order valence-electron chi connectivity index (χ4n) is 2.90. The highest BCUT2D eigenvalue weighted by atomic mass is 32.2. The van der Waals surface area contributed by atoms with Crippen LogP contribution in [-0.2, 0) is 11.3 Å². The lowest BCUT2D eigenvalue weighted by Gasteiger charge is -2.07. The second-order valence-corrected chi connectivity index (χ2v) is 7.55. The maximum Gasteiger partial charge on any atom is 0.387 e.